The van der Waals surface area contributed by atoms with Gasteiger partial charge in [0.25, 0.3) is 0 Å². The molecule has 0 saturated carbocycles. The van der Waals surface area contributed by atoms with Crippen LogP contribution in [0.2, 0.25) is 0 Å². The van der Waals surface area contributed by atoms with Crippen molar-refractivity contribution in [2.75, 3.05) is 0 Å². The highest BCUT2D eigenvalue weighted by molar-refractivity contribution is 5.77. The fraction of sp³-hybridized carbons (Fsp3) is 0.857. The third-order valence-electron chi connectivity index (χ3n) is 4.33. The molecule has 3 atom stereocenters. The fourth-order valence-corrected chi connectivity index (χ4v) is 3.51. The van der Waals surface area contributed by atoms with Gasteiger partial charge in [0.15, 0.2) is 0 Å². The van der Waals surface area contributed by atoms with Gasteiger partial charge in [-0.15, -0.1) is 0 Å². The fourth-order valence-electron chi connectivity index (χ4n) is 3.51. The molecular weight excluding hydrogens is 260 g/mol. The summed E-state index contributed by atoms with van der Waals surface area (Å²) in [7, 11) is 0. The van der Waals surface area contributed by atoms with Crippen molar-refractivity contribution in [1.82, 2.24) is 10.2 Å². The molecule has 0 radical (unpaired) electrons. The predicted molar refractivity (Wildman–Crippen MR) is 73.4 cm³/mol. The second-order valence-corrected chi connectivity index (χ2v) is 5.95. The number of carboxylic acid groups (broad SMARTS) is 1. The molecule has 2 rings (SSSR count). The van der Waals surface area contributed by atoms with E-state index < -0.39 is 5.97 Å². The molecule has 3 unspecified atom stereocenters. The predicted octanol–water partition coefficient (Wildman–Crippen LogP) is 1.33. The van der Waals surface area contributed by atoms with Crippen LogP contribution in [0.15, 0.2) is 0 Å². The molecule has 0 spiro atoms. The Bertz CT molecular complexity index is 360. The van der Waals surface area contributed by atoms with Crippen molar-refractivity contribution in [2.45, 2.75) is 76.1 Å². The number of aliphatic carboxylic acids is 1. The number of fused-ring (bicyclic) bond motifs is 2. The maximum atomic E-state index is 12.4. The Hall–Kier alpha value is -1.30. The number of rotatable bonds is 5. The normalized spacial score (nSPS) is 30.1. The lowest BCUT2D eigenvalue weighted by Gasteiger charge is -2.38. The van der Waals surface area contributed by atoms with Crippen molar-refractivity contribution in [2.24, 2.45) is 0 Å². The summed E-state index contributed by atoms with van der Waals surface area (Å²) in [5.74, 6) is -0.888. The third kappa shape index (κ3) is 3.42. The number of nitrogens with one attached hydrogen (secondary N) is 1. The minimum absolute atomic E-state index is 0.0363. The second kappa shape index (κ2) is 6.43. The zero-order valence-corrected chi connectivity index (χ0v) is 11.9. The maximum absolute atomic E-state index is 12.4. The lowest BCUT2D eigenvalue weighted by Crippen LogP contribution is -2.54. The van der Waals surface area contributed by atoms with Crippen molar-refractivity contribution < 1.29 is 19.8 Å². The second-order valence-electron chi connectivity index (χ2n) is 5.95. The number of urea groups is 1. The molecule has 6 heteroatoms. The Morgan fingerprint density at radius 2 is 1.90 bits per heavy atom. The summed E-state index contributed by atoms with van der Waals surface area (Å²) in [6.07, 6.45) is 4.32. The van der Waals surface area contributed by atoms with Crippen molar-refractivity contribution in [1.29, 1.82) is 0 Å². The average molecular weight is 284 g/mol. The Balaban J connectivity index is 1.95. The average Bonchev–Trinajstić information content (AvgIpc) is 2.61. The summed E-state index contributed by atoms with van der Waals surface area (Å²) in [4.78, 5) is 25.0. The number of hydrogen-bond acceptors (Lipinski definition) is 3. The lowest BCUT2D eigenvalue weighted by molar-refractivity contribution is -0.137. The van der Waals surface area contributed by atoms with Gasteiger partial charge in [-0.25, -0.2) is 4.79 Å². The van der Waals surface area contributed by atoms with E-state index >= 15 is 0 Å². The number of piperidine rings is 1. The number of nitrogens with zero attached hydrogens (tertiary/aromatic N) is 1. The Labute approximate surface area is 119 Å². The minimum Gasteiger partial charge on any atom is -0.481 e. The monoisotopic (exact) mass is 284 g/mol. The summed E-state index contributed by atoms with van der Waals surface area (Å²) >= 11 is 0. The first kappa shape index (κ1) is 15.1. The highest BCUT2D eigenvalue weighted by atomic mass is 16.4. The first-order valence-electron chi connectivity index (χ1n) is 7.50. The highest BCUT2D eigenvalue weighted by Gasteiger charge is 2.43. The van der Waals surface area contributed by atoms with E-state index in [-0.39, 0.29) is 36.7 Å². The van der Waals surface area contributed by atoms with Crippen LogP contribution in [0.1, 0.15) is 51.9 Å². The third-order valence-corrected chi connectivity index (χ3v) is 4.33. The number of hydrogen-bond donors (Lipinski definition) is 3. The van der Waals surface area contributed by atoms with E-state index in [1.54, 1.807) is 0 Å². The van der Waals surface area contributed by atoms with E-state index in [0.29, 0.717) is 19.3 Å². The van der Waals surface area contributed by atoms with Gasteiger partial charge in [0.1, 0.15) is 0 Å². The molecular formula is C14H24N2O4. The first-order chi connectivity index (χ1) is 9.51. The largest absolute Gasteiger partial charge is 0.481 e. The van der Waals surface area contributed by atoms with Gasteiger partial charge in [0, 0.05) is 18.1 Å². The lowest BCUT2D eigenvalue weighted by atomic mass is 10.0. The van der Waals surface area contributed by atoms with Gasteiger partial charge >= 0.3 is 12.0 Å². The van der Waals surface area contributed by atoms with Gasteiger partial charge in [-0.1, -0.05) is 13.3 Å². The van der Waals surface area contributed by atoms with Crippen LogP contribution < -0.4 is 5.32 Å². The van der Waals surface area contributed by atoms with Crippen LogP contribution in [0.5, 0.6) is 0 Å². The quantitative estimate of drug-likeness (QED) is 0.710. The van der Waals surface area contributed by atoms with Gasteiger partial charge < -0.3 is 20.4 Å². The zero-order valence-electron chi connectivity index (χ0n) is 11.9. The molecule has 20 heavy (non-hydrogen) atoms. The van der Waals surface area contributed by atoms with Gasteiger partial charge in [-0.05, 0) is 32.1 Å². The Kier molecular flexibility index (Phi) is 4.86. The van der Waals surface area contributed by atoms with Crippen LogP contribution in [0, 0.1) is 0 Å². The summed E-state index contributed by atoms with van der Waals surface area (Å²) in [6.45, 7) is 1.97. The molecule has 2 saturated heterocycles. The first-order valence-corrected chi connectivity index (χ1v) is 7.50. The zero-order chi connectivity index (χ0) is 14.7. The number of carbonyl (C=O) groups is 2. The molecule has 2 fully saturated rings. The van der Waals surface area contributed by atoms with Crippen LogP contribution in [-0.4, -0.2) is 51.3 Å². The topological polar surface area (TPSA) is 89.9 Å². The van der Waals surface area contributed by atoms with Crippen LogP contribution >= 0.6 is 0 Å². The van der Waals surface area contributed by atoms with Gasteiger partial charge in [-0.3, -0.25) is 4.79 Å². The van der Waals surface area contributed by atoms with Crippen molar-refractivity contribution >= 4 is 12.0 Å². The Morgan fingerprint density at radius 3 is 2.40 bits per heavy atom. The summed E-state index contributed by atoms with van der Waals surface area (Å²) in [6, 6.07) is -0.257. The number of carboxylic acids is 1. The number of amides is 2. The van der Waals surface area contributed by atoms with E-state index in [1.165, 1.54) is 0 Å². The molecule has 6 nitrogen and oxygen atoms in total. The Morgan fingerprint density at radius 1 is 1.30 bits per heavy atom. The molecule has 0 aromatic heterocycles. The molecule has 3 N–H and O–H groups in total. The SMILES string of the molecule is CCCC(CC(=O)O)NC(=O)N1C2CCC1CC(O)C2. The maximum Gasteiger partial charge on any atom is 0.318 e. The van der Waals surface area contributed by atoms with Crippen molar-refractivity contribution in [3.8, 4) is 0 Å². The highest BCUT2D eigenvalue weighted by Crippen LogP contribution is 2.35. The number of carbonyl (C=O) groups excluding carboxylic acids is 1. The standard InChI is InChI=1S/C14H24N2O4/c1-2-3-9(6-13(18)19)15-14(20)16-10-4-5-11(16)8-12(17)7-10/h9-12,17H,2-8H2,1H3,(H,15,20)(H,18,19). The van der Waals surface area contributed by atoms with Gasteiger partial charge in [0.2, 0.25) is 0 Å². The van der Waals surface area contributed by atoms with Crippen LogP contribution in [0.25, 0.3) is 0 Å². The number of aliphatic hydroxyl groups excluding tert-OH is 1. The molecule has 2 aliphatic heterocycles. The summed E-state index contributed by atoms with van der Waals surface area (Å²) in [5, 5.41) is 21.5. The van der Waals surface area contributed by atoms with E-state index in [0.717, 1.165) is 19.3 Å². The molecule has 0 aliphatic carbocycles. The van der Waals surface area contributed by atoms with E-state index in [1.807, 2.05) is 11.8 Å². The molecule has 0 aromatic carbocycles. The molecule has 2 heterocycles. The minimum atomic E-state index is -0.888. The summed E-state index contributed by atoms with van der Waals surface area (Å²) in [5.41, 5.74) is 0. The summed E-state index contributed by atoms with van der Waals surface area (Å²) < 4.78 is 0. The van der Waals surface area contributed by atoms with Crippen molar-refractivity contribution in [3.05, 3.63) is 0 Å². The van der Waals surface area contributed by atoms with Crippen LogP contribution in [0.3, 0.4) is 0 Å². The van der Waals surface area contributed by atoms with Gasteiger partial charge in [0.05, 0.1) is 12.5 Å². The smallest absolute Gasteiger partial charge is 0.318 e. The molecule has 114 valence electrons. The van der Waals surface area contributed by atoms with Gasteiger partial charge in [-0.2, -0.15) is 0 Å². The molecule has 2 bridgehead atoms. The molecule has 0 aromatic rings. The van der Waals surface area contributed by atoms with E-state index in [9.17, 15) is 14.7 Å². The van der Waals surface area contributed by atoms with Crippen LogP contribution in [-0.2, 0) is 4.79 Å². The van der Waals surface area contributed by atoms with Crippen LogP contribution in [0.4, 0.5) is 4.79 Å². The molecule has 2 aliphatic rings. The van der Waals surface area contributed by atoms with E-state index in [4.69, 9.17) is 5.11 Å². The number of aliphatic hydroxyl groups is 1. The molecule has 2 amide bonds. The van der Waals surface area contributed by atoms with E-state index in [2.05, 4.69) is 5.32 Å². The van der Waals surface area contributed by atoms with Crippen molar-refractivity contribution in [3.63, 3.8) is 0 Å².